The first-order valence-corrected chi connectivity index (χ1v) is 9.85. The zero-order chi connectivity index (χ0) is 15.4. The third kappa shape index (κ3) is 3.70. The van der Waals surface area contributed by atoms with Crippen LogP contribution in [0.15, 0.2) is 30.3 Å². The molecule has 1 saturated carbocycles. The second kappa shape index (κ2) is 7.11. The van der Waals surface area contributed by atoms with Crippen molar-refractivity contribution < 1.29 is 8.42 Å². The van der Waals surface area contributed by atoms with E-state index in [-0.39, 0.29) is 0 Å². The Kier molecular flexibility index (Phi) is 5.16. The second-order valence-electron chi connectivity index (χ2n) is 6.54. The first-order valence-electron chi connectivity index (χ1n) is 8.45. The molecule has 0 atom stereocenters. The van der Waals surface area contributed by atoms with Crippen molar-refractivity contribution in [1.29, 1.82) is 0 Å². The molecule has 0 spiro atoms. The highest BCUT2D eigenvalue weighted by Crippen LogP contribution is 2.29. The SMILES string of the molecule is O=S(=O)(N1CCCCC1)N(Cc1ccccc1)CC1CCC1. The number of nitrogens with zero attached hydrogens (tertiary/aromatic N) is 2. The minimum atomic E-state index is -3.33. The molecule has 22 heavy (non-hydrogen) atoms. The van der Waals surface area contributed by atoms with Gasteiger partial charge in [0.05, 0.1) is 0 Å². The molecule has 0 N–H and O–H groups in total. The van der Waals surface area contributed by atoms with Gasteiger partial charge in [0.15, 0.2) is 0 Å². The standard InChI is InChI=1S/C17H26N2O2S/c20-22(21,18-12-5-2-6-13-18)19(15-17-10-7-11-17)14-16-8-3-1-4-9-16/h1,3-4,8-9,17H,2,5-7,10-15H2. The maximum absolute atomic E-state index is 13.0. The molecule has 2 fully saturated rings. The summed E-state index contributed by atoms with van der Waals surface area (Å²) in [5, 5.41) is 0. The van der Waals surface area contributed by atoms with E-state index in [1.807, 2.05) is 30.3 Å². The largest absolute Gasteiger partial charge is 0.282 e. The molecule has 122 valence electrons. The van der Waals surface area contributed by atoms with Gasteiger partial charge in [-0.2, -0.15) is 17.0 Å². The Labute approximate surface area is 134 Å². The van der Waals surface area contributed by atoms with Gasteiger partial charge in [0.1, 0.15) is 0 Å². The van der Waals surface area contributed by atoms with Crippen LogP contribution in [0.25, 0.3) is 0 Å². The number of hydrogen-bond donors (Lipinski definition) is 0. The quantitative estimate of drug-likeness (QED) is 0.808. The van der Waals surface area contributed by atoms with Gasteiger partial charge in [0.25, 0.3) is 10.2 Å². The molecule has 1 aliphatic heterocycles. The maximum atomic E-state index is 13.0. The van der Waals surface area contributed by atoms with Gasteiger partial charge in [-0.25, -0.2) is 0 Å². The first kappa shape index (κ1) is 16.0. The van der Waals surface area contributed by atoms with Gasteiger partial charge < -0.3 is 0 Å². The van der Waals surface area contributed by atoms with E-state index in [1.165, 1.54) is 19.3 Å². The van der Waals surface area contributed by atoms with Crippen LogP contribution in [0, 0.1) is 5.92 Å². The zero-order valence-corrected chi connectivity index (χ0v) is 14.0. The molecule has 1 aliphatic carbocycles. The van der Waals surface area contributed by atoms with Crippen LogP contribution in [0.3, 0.4) is 0 Å². The van der Waals surface area contributed by atoms with E-state index in [2.05, 4.69) is 0 Å². The third-order valence-electron chi connectivity index (χ3n) is 4.86. The Hall–Kier alpha value is -0.910. The highest BCUT2D eigenvalue weighted by atomic mass is 32.2. The van der Waals surface area contributed by atoms with E-state index in [0.29, 0.717) is 32.1 Å². The van der Waals surface area contributed by atoms with Crippen LogP contribution in [0.2, 0.25) is 0 Å². The average Bonchev–Trinajstić information content (AvgIpc) is 2.51. The zero-order valence-electron chi connectivity index (χ0n) is 13.2. The molecule has 1 aromatic rings. The lowest BCUT2D eigenvalue weighted by Crippen LogP contribution is -2.47. The van der Waals surface area contributed by atoms with Gasteiger partial charge in [-0.3, -0.25) is 0 Å². The molecule has 0 amide bonds. The molecule has 0 bridgehead atoms. The molecule has 1 aromatic carbocycles. The van der Waals surface area contributed by atoms with Crippen molar-refractivity contribution in [3.05, 3.63) is 35.9 Å². The molecular weight excluding hydrogens is 296 g/mol. The predicted molar refractivity (Wildman–Crippen MR) is 88.5 cm³/mol. The summed E-state index contributed by atoms with van der Waals surface area (Å²) in [7, 11) is -3.33. The summed E-state index contributed by atoms with van der Waals surface area (Å²) in [6.45, 7) is 2.53. The van der Waals surface area contributed by atoms with E-state index >= 15 is 0 Å². The normalized spacial score (nSPS) is 21.0. The molecular formula is C17H26N2O2S. The smallest absolute Gasteiger partial charge is 0.195 e. The van der Waals surface area contributed by atoms with Crippen LogP contribution in [-0.4, -0.2) is 36.7 Å². The van der Waals surface area contributed by atoms with Crippen molar-refractivity contribution >= 4 is 10.2 Å². The molecule has 5 heteroatoms. The van der Waals surface area contributed by atoms with Crippen LogP contribution >= 0.6 is 0 Å². The van der Waals surface area contributed by atoms with Crippen LogP contribution in [-0.2, 0) is 16.8 Å². The number of benzene rings is 1. The lowest BCUT2D eigenvalue weighted by atomic mass is 9.85. The molecule has 2 aliphatic rings. The lowest BCUT2D eigenvalue weighted by Gasteiger charge is -2.36. The summed E-state index contributed by atoms with van der Waals surface area (Å²) in [4.78, 5) is 0. The number of rotatable bonds is 6. The van der Waals surface area contributed by atoms with Crippen molar-refractivity contribution in [2.75, 3.05) is 19.6 Å². The van der Waals surface area contributed by atoms with Crippen molar-refractivity contribution in [2.24, 2.45) is 5.92 Å². The summed E-state index contributed by atoms with van der Waals surface area (Å²) in [5.41, 5.74) is 1.07. The van der Waals surface area contributed by atoms with Gasteiger partial charge in [-0.05, 0) is 37.2 Å². The monoisotopic (exact) mass is 322 g/mol. The minimum Gasteiger partial charge on any atom is -0.195 e. The van der Waals surface area contributed by atoms with Crippen LogP contribution < -0.4 is 0 Å². The fourth-order valence-corrected chi connectivity index (χ4v) is 5.01. The van der Waals surface area contributed by atoms with Crippen molar-refractivity contribution in [1.82, 2.24) is 8.61 Å². The van der Waals surface area contributed by atoms with E-state index < -0.39 is 10.2 Å². The number of hydrogen-bond acceptors (Lipinski definition) is 2. The summed E-state index contributed by atoms with van der Waals surface area (Å²) in [6, 6.07) is 9.95. The molecule has 0 radical (unpaired) electrons. The van der Waals surface area contributed by atoms with Gasteiger partial charge in [-0.1, -0.05) is 43.2 Å². The van der Waals surface area contributed by atoms with E-state index in [9.17, 15) is 8.42 Å². The Balaban J connectivity index is 1.76. The fraction of sp³-hybridized carbons (Fsp3) is 0.647. The minimum absolute atomic E-state index is 0.496. The van der Waals surface area contributed by atoms with Gasteiger partial charge in [0.2, 0.25) is 0 Å². The Morgan fingerprint density at radius 2 is 1.68 bits per heavy atom. The van der Waals surface area contributed by atoms with Gasteiger partial charge >= 0.3 is 0 Å². The molecule has 4 nitrogen and oxygen atoms in total. The van der Waals surface area contributed by atoms with Crippen molar-refractivity contribution in [2.45, 2.75) is 45.1 Å². The molecule has 0 unspecified atom stereocenters. The third-order valence-corrected chi connectivity index (χ3v) is 6.80. The maximum Gasteiger partial charge on any atom is 0.282 e. The predicted octanol–water partition coefficient (Wildman–Crippen LogP) is 3.02. The van der Waals surface area contributed by atoms with E-state index in [1.54, 1.807) is 8.61 Å². The number of piperidine rings is 1. The van der Waals surface area contributed by atoms with Crippen LogP contribution in [0.1, 0.15) is 44.1 Å². The summed E-state index contributed by atoms with van der Waals surface area (Å²) < 4.78 is 29.4. The molecule has 1 heterocycles. The lowest BCUT2D eigenvalue weighted by molar-refractivity contribution is 0.225. The second-order valence-corrected chi connectivity index (χ2v) is 8.47. The highest BCUT2D eigenvalue weighted by Gasteiger charge is 2.33. The Bertz CT molecular complexity index is 564. The van der Waals surface area contributed by atoms with Gasteiger partial charge in [-0.15, -0.1) is 0 Å². The average molecular weight is 322 g/mol. The molecule has 3 rings (SSSR count). The summed E-state index contributed by atoms with van der Waals surface area (Å²) in [5.74, 6) is 0.545. The van der Waals surface area contributed by atoms with Crippen LogP contribution in [0.4, 0.5) is 0 Å². The van der Waals surface area contributed by atoms with E-state index in [4.69, 9.17) is 0 Å². The van der Waals surface area contributed by atoms with Gasteiger partial charge in [0, 0.05) is 26.2 Å². The first-order chi connectivity index (χ1) is 10.7. The fourth-order valence-electron chi connectivity index (χ4n) is 3.25. The summed E-state index contributed by atoms with van der Waals surface area (Å²) in [6.07, 6.45) is 6.70. The summed E-state index contributed by atoms with van der Waals surface area (Å²) >= 11 is 0. The Morgan fingerprint density at radius 1 is 1.00 bits per heavy atom. The topological polar surface area (TPSA) is 40.6 Å². The molecule has 0 aromatic heterocycles. The highest BCUT2D eigenvalue weighted by molar-refractivity contribution is 7.86. The van der Waals surface area contributed by atoms with Crippen molar-refractivity contribution in [3.63, 3.8) is 0 Å². The van der Waals surface area contributed by atoms with Crippen molar-refractivity contribution in [3.8, 4) is 0 Å². The van der Waals surface area contributed by atoms with E-state index in [0.717, 1.165) is 24.8 Å². The van der Waals surface area contributed by atoms with Crippen LogP contribution in [0.5, 0.6) is 0 Å². The molecule has 1 saturated heterocycles. The Morgan fingerprint density at radius 3 is 2.27 bits per heavy atom.